The van der Waals surface area contributed by atoms with Crippen LogP contribution in [0.4, 0.5) is 24.7 Å². The van der Waals surface area contributed by atoms with Crippen LogP contribution >= 0.6 is 0 Å². The second kappa shape index (κ2) is 5.51. The Morgan fingerprint density at radius 2 is 1.73 bits per heavy atom. The molecule has 2 aromatic carbocycles. The van der Waals surface area contributed by atoms with Crippen LogP contribution in [0.2, 0.25) is 0 Å². The van der Waals surface area contributed by atoms with Crippen molar-refractivity contribution < 1.29 is 17.9 Å². The Bertz CT molecular complexity index is 805. The number of nitrogens with one attached hydrogen (secondary N) is 1. The molecular formula is C15H10F3N3O. The summed E-state index contributed by atoms with van der Waals surface area (Å²) in [4.78, 5) is 8.56. The minimum atomic E-state index is -4.72. The van der Waals surface area contributed by atoms with Crippen LogP contribution in [-0.4, -0.2) is 16.3 Å². The molecule has 0 aliphatic heterocycles. The van der Waals surface area contributed by atoms with E-state index in [0.717, 1.165) is 5.52 Å². The van der Waals surface area contributed by atoms with Gasteiger partial charge in [-0.25, -0.2) is 4.98 Å². The lowest BCUT2D eigenvalue weighted by molar-refractivity contribution is -0.274. The predicted octanol–water partition coefficient (Wildman–Crippen LogP) is 4.27. The number of hydrogen-bond acceptors (Lipinski definition) is 4. The smallest absolute Gasteiger partial charge is 0.406 e. The molecule has 7 heteroatoms. The standard InChI is InChI=1S/C15H10F3N3O/c16-15(17,18)22-11-5-3-4-10(8-11)20-14-9-19-12-6-1-2-7-13(12)21-14/h1-9H,(H,20,21). The third kappa shape index (κ3) is 3.43. The summed E-state index contributed by atoms with van der Waals surface area (Å²) in [5.74, 6) is 0.133. The Morgan fingerprint density at radius 1 is 0.955 bits per heavy atom. The largest absolute Gasteiger partial charge is 0.573 e. The number of halogens is 3. The topological polar surface area (TPSA) is 47.0 Å². The Labute approximate surface area is 123 Å². The Morgan fingerprint density at radius 3 is 2.50 bits per heavy atom. The molecule has 0 bridgehead atoms. The highest BCUT2D eigenvalue weighted by molar-refractivity contribution is 5.76. The van der Waals surface area contributed by atoms with E-state index in [1.807, 2.05) is 18.2 Å². The van der Waals surface area contributed by atoms with Gasteiger partial charge < -0.3 is 10.1 Å². The van der Waals surface area contributed by atoms with Crippen molar-refractivity contribution in [3.63, 3.8) is 0 Å². The number of para-hydroxylation sites is 2. The van der Waals surface area contributed by atoms with Crippen LogP contribution in [0.5, 0.6) is 5.75 Å². The van der Waals surface area contributed by atoms with Crippen LogP contribution in [0.25, 0.3) is 11.0 Å². The number of benzene rings is 2. The van der Waals surface area contributed by atoms with E-state index in [4.69, 9.17) is 0 Å². The number of alkyl halides is 3. The zero-order chi connectivity index (χ0) is 15.6. The molecule has 1 aromatic heterocycles. The van der Waals surface area contributed by atoms with Gasteiger partial charge in [-0.05, 0) is 24.3 Å². The van der Waals surface area contributed by atoms with Crippen LogP contribution < -0.4 is 10.1 Å². The first-order valence-electron chi connectivity index (χ1n) is 6.34. The van der Waals surface area contributed by atoms with Crippen LogP contribution in [-0.2, 0) is 0 Å². The van der Waals surface area contributed by atoms with E-state index in [0.29, 0.717) is 17.0 Å². The lowest BCUT2D eigenvalue weighted by atomic mass is 10.3. The van der Waals surface area contributed by atoms with Gasteiger partial charge in [-0.3, -0.25) is 4.98 Å². The number of nitrogens with zero attached hydrogens (tertiary/aromatic N) is 2. The van der Waals surface area contributed by atoms with Crippen molar-refractivity contribution in [3.8, 4) is 5.75 Å². The molecule has 0 fully saturated rings. The molecule has 1 N–H and O–H groups in total. The molecule has 0 saturated carbocycles. The van der Waals surface area contributed by atoms with Gasteiger partial charge in [-0.1, -0.05) is 18.2 Å². The van der Waals surface area contributed by atoms with Gasteiger partial charge in [0.1, 0.15) is 11.6 Å². The van der Waals surface area contributed by atoms with E-state index in [-0.39, 0.29) is 5.75 Å². The monoisotopic (exact) mass is 305 g/mol. The molecule has 0 unspecified atom stereocenters. The maximum Gasteiger partial charge on any atom is 0.573 e. The van der Waals surface area contributed by atoms with Crippen molar-refractivity contribution in [1.82, 2.24) is 9.97 Å². The third-order valence-electron chi connectivity index (χ3n) is 2.79. The van der Waals surface area contributed by atoms with Crippen molar-refractivity contribution in [2.75, 3.05) is 5.32 Å². The van der Waals surface area contributed by atoms with Crippen LogP contribution in [0, 0.1) is 0 Å². The highest BCUT2D eigenvalue weighted by atomic mass is 19.4. The van der Waals surface area contributed by atoms with Crippen molar-refractivity contribution in [1.29, 1.82) is 0 Å². The van der Waals surface area contributed by atoms with E-state index in [1.54, 1.807) is 12.1 Å². The summed E-state index contributed by atoms with van der Waals surface area (Å²) in [5.41, 5.74) is 1.85. The molecule has 3 aromatic rings. The van der Waals surface area contributed by atoms with Gasteiger partial charge in [0.25, 0.3) is 0 Å². The van der Waals surface area contributed by atoms with Crippen molar-refractivity contribution in [3.05, 3.63) is 54.7 Å². The predicted molar refractivity (Wildman–Crippen MR) is 75.9 cm³/mol. The second-order valence-electron chi connectivity index (χ2n) is 4.44. The molecule has 0 atom stereocenters. The number of ether oxygens (including phenoxy) is 1. The number of fused-ring (bicyclic) bond motifs is 1. The lowest BCUT2D eigenvalue weighted by Gasteiger charge is -2.11. The first-order valence-corrected chi connectivity index (χ1v) is 6.34. The van der Waals surface area contributed by atoms with Gasteiger partial charge in [-0.15, -0.1) is 13.2 Å². The maximum atomic E-state index is 12.2. The fourth-order valence-electron chi connectivity index (χ4n) is 1.94. The zero-order valence-electron chi connectivity index (χ0n) is 11.1. The van der Waals surface area contributed by atoms with Gasteiger partial charge in [0.2, 0.25) is 0 Å². The fourth-order valence-corrected chi connectivity index (χ4v) is 1.94. The summed E-state index contributed by atoms with van der Waals surface area (Å²) in [5, 5.41) is 2.90. The van der Waals surface area contributed by atoms with E-state index >= 15 is 0 Å². The summed E-state index contributed by atoms with van der Waals surface area (Å²) in [6.07, 6.45) is -3.21. The highest BCUT2D eigenvalue weighted by Gasteiger charge is 2.31. The zero-order valence-corrected chi connectivity index (χ0v) is 11.1. The number of hydrogen-bond donors (Lipinski definition) is 1. The molecular weight excluding hydrogens is 295 g/mol. The van der Waals surface area contributed by atoms with Crippen LogP contribution in [0.1, 0.15) is 0 Å². The Kier molecular flexibility index (Phi) is 3.54. The van der Waals surface area contributed by atoms with Crippen LogP contribution in [0.3, 0.4) is 0 Å². The molecule has 0 aliphatic rings. The minimum absolute atomic E-state index is 0.300. The number of aromatic nitrogens is 2. The first-order chi connectivity index (χ1) is 10.5. The third-order valence-corrected chi connectivity index (χ3v) is 2.79. The Hall–Kier alpha value is -2.83. The molecule has 0 amide bonds. The molecule has 3 rings (SSSR count). The summed E-state index contributed by atoms with van der Waals surface area (Å²) < 4.78 is 40.5. The molecule has 1 heterocycles. The van der Waals surface area contributed by atoms with Gasteiger partial charge in [0.15, 0.2) is 0 Å². The van der Waals surface area contributed by atoms with E-state index in [2.05, 4.69) is 20.0 Å². The van der Waals surface area contributed by atoms with Gasteiger partial charge >= 0.3 is 6.36 Å². The summed E-state index contributed by atoms with van der Waals surface area (Å²) in [6, 6.07) is 12.8. The van der Waals surface area contributed by atoms with E-state index in [1.165, 1.54) is 24.4 Å². The molecule has 0 aliphatic carbocycles. The van der Waals surface area contributed by atoms with Crippen molar-refractivity contribution in [2.45, 2.75) is 6.36 Å². The molecule has 0 radical (unpaired) electrons. The average molecular weight is 305 g/mol. The minimum Gasteiger partial charge on any atom is -0.406 e. The highest BCUT2D eigenvalue weighted by Crippen LogP contribution is 2.26. The molecule has 0 spiro atoms. The van der Waals surface area contributed by atoms with Gasteiger partial charge in [0, 0.05) is 11.8 Å². The molecule has 22 heavy (non-hydrogen) atoms. The Balaban J connectivity index is 1.83. The molecule has 4 nitrogen and oxygen atoms in total. The summed E-state index contributed by atoms with van der Waals surface area (Å²) in [6.45, 7) is 0. The average Bonchev–Trinajstić information content (AvgIpc) is 2.46. The van der Waals surface area contributed by atoms with Crippen molar-refractivity contribution in [2.24, 2.45) is 0 Å². The maximum absolute atomic E-state index is 12.2. The lowest BCUT2D eigenvalue weighted by Crippen LogP contribution is -2.17. The molecule has 112 valence electrons. The van der Waals surface area contributed by atoms with E-state index in [9.17, 15) is 13.2 Å². The van der Waals surface area contributed by atoms with Crippen LogP contribution in [0.15, 0.2) is 54.7 Å². The van der Waals surface area contributed by atoms with Gasteiger partial charge in [0.05, 0.1) is 17.2 Å². The molecule has 0 saturated heterocycles. The second-order valence-corrected chi connectivity index (χ2v) is 4.44. The number of rotatable bonds is 3. The normalized spacial score (nSPS) is 11.4. The quantitative estimate of drug-likeness (QED) is 0.785. The number of anilines is 2. The summed E-state index contributed by atoms with van der Waals surface area (Å²) >= 11 is 0. The first kappa shape index (κ1) is 14.1. The van der Waals surface area contributed by atoms with E-state index < -0.39 is 6.36 Å². The van der Waals surface area contributed by atoms with Crippen molar-refractivity contribution >= 4 is 22.5 Å². The van der Waals surface area contributed by atoms with Gasteiger partial charge in [-0.2, -0.15) is 0 Å². The SMILES string of the molecule is FC(F)(F)Oc1cccc(Nc2cnc3ccccc3n2)c1. The summed E-state index contributed by atoms with van der Waals surface area (Å²) in [7, 11) is 0. The fraction of sp³-hybridized carbons (Fsp3) is 0.0667.